The highest BCUT2D eigenvalue weighted by molar-refractivity contribution is 5.95. The number of carbonyl (C=O) groups is 1. The molecule has 4 nitrogen and oxygen atoms in total. The molecular weight excluding hydrogens is 336 g/mol. The molecule has 0 bridgehead atoms. The highest BCUT2D eigenvalue weighted by Crippen LogP contribution is 2.25. The van der Waals surface area contributed by atoms with Crippen LogP contribution in [0.25, 0.3) is 0 Å². The summed E-state index contributed by atoms with van der Waals surface area (Å²) in [6.45, 7) is 3.96. The minimum Gasteiger partial charge on any atom is -0.489 e. The van der Waals surface area contributed by atoms with E-state index in [-0.39, 0.29) is 24.4 Å². The lowest BCUT2D eigenvalue weighted by atomic mass is 10.1. The topological polar surface area (TPSA) is 55.6 Å². The van der Waals surface area contributed by atoms with Gasteiger partial charge in [-0.25, -0.2) is 0 Å². The van der Waals surface area contributed by atoms with E-state index in [0.717, 1.165) is 18.5 Å². The molecule has 1 fully saturated rings. The van der Waals surface area contributed by atoms with E-state index in [9.17, 15) is 4.79 Å². The van der Waals surface area contributed by atoms with Crippen LogP contribution in [0.3, 0.4) is 0 Å². The van der Waals surface area contributed by atoms with Gasteiger partial charge >= 0.3 is 0 Å². The Bertz CT molecular complexity index is 693. The smallest absolute Gasteiger partial charge is 0.254 e. The summed E-state index contributed by atoms with van der Waals surface area (Å²) in [6.07, 6.45) is 0.979. The number of halogens is 1. The Labute approximate surface area is 155 Å². The fraction of sp³-hybridized carbons (Fsp3) is 0.350. The Hall–Kier alpha value is -2.04. The lowest BCUT2D eigenvalue weighted by Crippen LogP contribution is -2.34. The minimum absolute atomic E-state index is 0. The van der Waals surface area contributed by atoms with Crippen LogP contribution in [-0.4, -0.2) is 29.9 Å². The van der Waals surface area contributed by atoms with E-state index >= 15 is 0 Å². The van der Waals surface area contributed by atoms with Crippen molar-refractivity contribution in [1.29, 1.82) is 0 Å². The van der Waals surface area contributed by atoms with Crippen molar-refractivity contribution >= 4 is 18.3 Å². The molecule has 1 saturated heterocycles. The summed E-state index contributed by atoms with van der Waals surface area (Å²) < 4.78 is 5.82. The lowest BCUT2D eigenvalue weighted by Gasteiger charge is -2.22. The summed E-state index contributed by atoms with van der Waals surface area (Å²) in [6, 6.07) is 17.7. The zero-order valence-electron chi connectivity index (χ0n) is 14.4. The summed E-state index contributed by atoms with van der Waals surface area (Å²) in [5, 5.41) is 0. The number of nitrogens with two attached hydrogens (primary N) is 1. The number of amides is 1. The van der Waals surface area contributed by atoms with Crippen molar-refractivity contribution in [2.75, 3.05) is 13.1 Å². The van der Waals surface area contributed by atoms with Gasteiger partial charge in [-0.3, -0.25) is 4.79 Å². The molecule has 2 atom stereocenters. The molecule has 1 aliphatic rings. The molecule has 1 amide bonds. The van der Waals surface area contributed by atoms with Gasteiger partial charge in [0.1, 0.15) is 12.4 Å². The number of nitrogens with zero attached hydrogens (tertiary/aromatic N) is 1. The fourth-order valence-electron chi connectivity index (χ4n) is 3.22. The Kier molecular flexibility index (Phi) is 6.85. The molecule has 3 rings (SSSR count). The number of rotatable bonds is 5. The fourth-order valence-corrected chi connectivity index (χ4v) is 3.22. The number of hydrogen-bond acceptors (Lipinski definition) is 3. The van der Waals surface area contributed by atoms with Gasteiger partial charge in [0, 0.05) is 18.2 Å². The van der Waals surface area contributed by atoms with E-state index < -0.39 is 0 Å². The monoisotopic (exact) mass is 360 g/mol. The number of hydrogen-bond donors (Lipinski definition) is 1. The standard InChI is InChI=1S/C20H24N2O2.ClH/c1-15-10-17(12-21)13-22(15)20(23)18-8-5-9-19(11-18)24-14-16-6-3-2-4-7-16;/h2-9,11,15,17H,10,12-14,21H2,1H3;1H. The van der Waals surface area contributed by atoms with Crippen LogP contribution in [-0.2, 0) is 6.61 Å². The maximum atomic E-state index is 12.8. The van der Waals surface area contributed by atoms with Crippen LogP contribution in [0.15, 0.2) is 54.6 Å². The molecule has 0 radical (unpaired) electrons. The zero-order chi connectivity index (χ0) is 16.9. The highest BCUT2D eigenvalue weighted by Gasteiger charge is 2.32. The lowest BCUT2D eigenvalue weighted by molar-refractivity contribution is 0.0743. The summed E-state index contributed by atoms with van der Waals surface area (Å²) in [5.74, 6) is 1.18. The molecule has 0 spiro atoms. The van der Waals surface area contributed by atoms with Gasteiger partial charge in [-0.15, -0.1) is 12.4 Å². The molecule has 2 unspecified atom stereocenters. The van der Waals surface area contributed by atoms with E-state index in [1.165, 1.54) is 0 Å². The van der Waals surface area contributed by atoms with Crippen molar-refractivity contribution in [3.05, 3.63) is 65.7 Å². The number of benzene rings is 2. The quantitative estimate of drug-likeness (QED) is 0.887. The molecule has 0 aliphatic carbocycles. The predicted molar refractivity (Wildman–Crippen MR) is 102 cm³/mol. The molecule has 2 aromatic rings. The predicted octanol–water partition coefficient (Wildman–Crippen LogP) is 3.50. The Balaban J connectivity index is 0.00000225. The molecule has 1 aliphatic heterocycles. The van der Waals surface area contributed by atoms with E-state index in [0.29, 0.717) is 30.4 Å². The molecule has 25 heavy (non-hydrogen) atoms. The second-order valence-electron chi connectivity index (χ2n) is 6.45. The molecule has 1 heterocycles. The molecule has 134 valence electrons. The van der Waals surface area contributed by atoms with E-state index in [2.05, 4.69) is 6.92 Å². The first-order valence-electron chi connectivity index (χ1n) is 8.45. The third-order valence-corrected chi connectivity index (χ3v) is 4.58. The molecule has 5 heteroatoms. The van der Waals surface area contributed by atoms with Gasteiger partial charge in [0.05, 0.1) is 0 Å². The highest BCUT2D eigenvalue weighted by atomic mass is 35.5. The van der Waals surface area contributed by atoms with Gasteiger partial charge in [-0.05, 0) is 49.6 Å². The second kappa shape index (κ2) is 8.88. The normalized spacial score (nSPS) is 19.4. The molecular formula is C20H25ClN2O2. The maximum Gasteiger partial charge on any atom is 0.254 e. The Morgan fingerprint density at radius 2 is 1.96 bits per heavy atom. The molecule has 0 aromatic heterocycles. The van der Waals surface area contributed by atoms with Crippen LogP contribution in [0.1, 0.15) is 29.3 Å². The summed E-state index contributed by atoms with van der Waals surface area (Å²) in [7, 11) is 0. The van der Waals surface area contributed by atoms with Crippen LogP contribution < -0.4 is 10.5 Å². The van der Waals surface area contributed by atoms with Crippen LogP contribution in [0, 0.1) is 5.92 Å². The van der Waals surface area contributed by atoms with Gasteiger partial charge in [-0.1, -0.05) is 36.4 Å². The van der Waals surface area contributed by atoms with Crippen molar-refractivity contribution in [2.45, 2.75) is 26.0 Å². The van der Waals surface area contributed by atoms with E-state index in [1.54, 1.807) is 0 Å². The van der Waals surface area contributed by atoms with Gasteiger partial charge in [0.25, 0.3) is 5.91 Å². The van der Waals surface area contributed by atoms with Crippen molar-refractivity contribution in [3.63, 3.8) is 0 Å². The van der Waals surface area contributed by atoms with Crippen molar-refractivity contribution in [1.82, 2.24) is 4.90 Å². The number of ether oxygens (including phenoxy) is 1. The van der Waals surface area contributed by atoms with Crippen LogP contribution >= 0.6 is 12.4 Å². The Morgan fingerprint density at radius 1 is 1.20 bits per heavy atom. The first-order chi connectivity index (χ1) is 11.7. The third-order valence-electron chi connectivity index (χ3n) is 4.58. The maximum absolute atomic E-state index is 12.8. The first-order valence-corrected chi connectivity index (χ1v) is 8.45. The second-order valence-corrected chi connectivity index (χ2v) is 6.45. The van der Waals surface area contributed by atoms with Crippen LogP contribution in [0.4, 0.5) is 0 Å². The van der Waals surface area contributed by atoms with Gasteiger partial charge < -0.3 is 15.4 Å². The Morgan fingerprint density at radius 3 is 2.64 bits per heavy atom. The summed E-state index contributed by atoms with van der Waals surface area (Å²) in [5.41, 5.74) is 7.53. The van der Waals surface area contributed by atoms with Gasteiger partial charge in [-0.2, -0.15) is 0 Å². The first kappa shape index (κ1) is 19.3. The van der Waals surface area contributed by atoms with E-state index in [1.807, 2.05) is 59.5 Å². The van der Waals surface area contributed by atoms with Crippen molar-refractivity contribution < 1.29 is 9.53 Å². The number of likely N-dealkylation sites (tertiary alicyclic amines) is 1. The van der Waals surface area contributed by atoms with Crippen LogP contribution in [0.5, 0.6) is 5.75 Å². The van der Waals surface area contributed by atoms with Crippen molar-refractivity contribution in [3.8, 4) is 5.75 Å². The molecule has 2 N–H and O–H groups in total. The van der Waals surface area contributed by atoms with Gasteiger partial charge in [0.2, 0.25) is 0 Å². The summed E-state index contributed by atoms with van der Waals surface area (Å²) in [4.78, 5) is 14.7. The average molecular weight is 361 g/mol. The zero-order valence-corrected chi connectivity index (χ0v) is 15.2. The number of carbonyl (C=O) groups excluding carboxylic acids is 1. The summed E-state index contributed by atoms with van der Waals surface area (Å²) >= 11 is 0. The van der Waals surface area contributed by atoms with Crippen molar-refractivity contribution in [2.24, 2.45) is 11.7 Å². The minimum atomic E-state index is 0. The SMILES string of the molecule is CC1CC(CN)CN1C(=O)c1cccc(OCc2ccccc2)c1.Cl. The third kappa shape index (κ3) is 4.74. The molecule has 0 saturated carbocycles. The van der Waals surface area contributed by atoms with Crippen LogP contribution in [0.2, 0.25) is 0 Å². The molecule has 2 aromatic carbocycles. The largest absolute Gasteiger partial charge is 0.489 e. The average Bonchev–Trinajstić information content (AvgIpc) is 3.01. The van der Waals surface area contributed by atoms with E-state index in [4.69, 9.17) is 10.5 Å². The van der Waals surface area contributed by atoms with Gasteiger partial charge in [0.15, 0.2) is 0 Å².